The highest BCUT2D eigenvalue weighted by molar-refractivity contribution is 6.34. The van der Waals surface area contributed by atoms with Gasteiger partial charge in [0.2, 0.25) is 5.43 Å². The van der Waals surface area contributed by atoms with E-state index in [1.807, 2.05) is 13.8 Å². The van der Waals surface area contributed by atoms with E-state index in [0.29, 0.717) is 17.0 Å². The van der Waals surface area contributed by atoms with Crippen LogP contribution in [0.3, 0.4) is 0 Å². The second kappa shape index (κ2) is 2.24. The van der Waals surface area contributed by atoms with Crippen molar-refractivity contribution in [2.75, 3.05) is 0 Å². The van der Waals surface area contributed by atoms with Gasteiger partial charge in [-0.2, -0.15) is 0 Å². The molecule has 0 aliphatic heterocycles. The quantitative estimate of drug-likeness (QED) is 0.635. The van der Waals surface area contributed by atoms with Crippen LogP contribution < -0.4 is 5.43 Å². The maximum Gasteiger partial charge on any atom is 0.202 e. The predicted octanol–water partition coefficient (Wildman–Crippen LogP) is 2.14. The van der Waals surface area contributed by atoms with E-state index in [-0.39, 0.29) is 10.3 Å². The van der Waals surface area contributed by atoms with Crippen molar-refractivity contribution in [2.24, 2.45) is 0 Å². The van der Waals surface area contributed by atoms with E-state index in [1.54, 1.807) is 0 Å². The summed E-state index contributed by atoms with van der Waals surface area (Å²) in [5, 5.41) is 0.383. The molecule has 10 heavy (non-hydrogen) atoms. The number of alkyl halides is 1. The van der Waals surface area contributed by atoms with Crippen LogP contribution in [0.2, 0.25) is 5.02 Å². The average molecular weight is 179 g/mol. The summed E-state index contributed by atoms with van der Waals surface area (Å²) in [4.78, 5) is 10.3. The van der Waals surface area contributed by atoms with Crippen LogP contribution in [0.15, 0.2) is 4.79 Å². The topological polar surface area (TPSA) is 17.1 Å². The lowest BCUT2D eigenvalue weighted by atomic mass is 10.1. The van der Waals surface area contributed by atoms with Gasteiger partial charge in [-0.15, -0.1) is 11.6 Å². The molecule has 0 fully saturated rings. The molecule has 1 aromatic carbocycles. The molecule has 3 heteroatoms. The summed E-state index contributed by atoms with van der Waals surface area (Å²) in [5.41, 5.74) is 0.678. The molecule has 0 amide bonds. The van der Waals surface area contributed by atoms with Crippen LogP contribution in [-0.4, -0.2) is 4.87 Å². The second-order valence-electron chi connectivity index (χ2n) is 3.02. The average Bonchev–Trinajstić information content (AvgIpc) is 2.19. The predicted molar refractivity (Wildman–Crippen MR) is 43.7 cm³/mol. The van der Waals surface area contributed by atoms with Crippen LogP contribution in [0, 0.1) is 0 Å². The fourth-order valence-electron chi connectivity index (χ4n) is 0.760. The fraction of sp³-hybridized carbons (Fsp3) is 0.571. The molecule has 1 aromatic rings. The number of hydrogen-bond donors (Lipinski definition) is 0. The summed E-state index contributed by atoms with van der Waals surface area (Å²) in [6, 6.07) is 0. The van der Waals surface area contributed by atoms with Crippen molar-refractivity contribution in [1.82, 2.24) is 0 Å². The molecule has 56 valence electrons. The molecule has 0 aliphatic carbocycles. The third-order valence-electron chi connectivity index (χ3n) is 1.27. The van der Waals surface area contributed by atoms with Gasteiger partial charge in [0.05, 0.1) is 5.02 Å². The van der Waals surface area contributed by atoms with E-state index in [2.05, 4.69) is 0 Å². The minimum Gasteiger partial charge on any atom is -0.288 e. The van der Waals surface area contributed by atoms with E-state index in [0.717, 1.165) is 0 Å². The highest BCUT2D eigenvalue weighted by Gasteiger charge is 2.26. The molecule has 0 bridgehead atoms. The Balaban J connectivity index is 2.59. The Bertz CT molecular complexity index is 250. The van der Waals surface area contributed by atoms with Crippen LogP contribution in [0.25, 0.3) is 0 Å². The number of halogens is 2. The minimum atomic E-state index is -0.346. The Labute approximate surface area is 69.6 Å². The van der Waals surface area contributed by atoms with Gasteiger partial charge in [0.1, 0.15) is 0 Å². The van der Waals surface area contributed by atoms with Crippen molar-refractivity contribution in [2.45, 2.75) is 25.1 Å². The molecule has 0 saturated carbocycles. The zero-order chi connectivity index (χ0) is 7.94. The molecule has 0 atom stereocenters. The summed E-state index contributed by atoms with van der Waals surface area (Å²) in [5.74, 6) is 0. The summed E-state index contributed by atoms with van der Waals surface area (Å²) in [7, 11) is 0. The first-order valence-electron chi connectivity index (χ1n) is 3.04. The molecular weight excluding hydrogens is 171 g/mol. The van der Waals surface area contributed by atoms with E-state index < -0.39 is 0 Å². The molecule has 1 rings (SSSR count). The summed E-state index contributed by atoms with van der Waals surface area (Å²) in [6.45, 7) is 3.72. The summed E-state index contributed by atoms with van der Waals surface area (Å²) in [6.07, 6.45) is 0.576. The van der Waals surface area contributed by atoms with Crippen molar-refractivity contribution >= 4 is 23.2 Å². The lowest BCUT2D eigenvalue weighted by Gasteiger charge is -2.10. The molecule has 0 spiro atoms. The fourth-order valence-corrected chi connectivity index (χ4v) is 1.11. The normalized spacial score (nSPS) is 12.8. The Morgan fingerprint density at radius 1 is 1.50 bits per heavy atom. The van der Waals surface area contributed by atoms with Crippen molar-refractivity contribution in [3.8, 4) is 0 Å². The molecule has 0 unspecified atom stereocenters. The van der Waals surface area contributed by atoms with Gasteiger partial charge in [0, 0.05) is 10.4 Å². The van der Waals surface area contributed by atoms with Gasteiger partial charge in [0.15, 0.2) is 0 Å². The van der Waals surface area contributed by atoms with E-state index >= 15 is 0 Å². The highest BCUT2D eigenvalue weighted by atomic mass is 35.5. The zero-order valence-corrected chi connectivity index (χ0v) is 7.38. The molecular formula is C7H8Cl2O. The first kappa shape index (κ1) is 8.09. The largest absolute Gasteiger partial charge is 0.288 e. The first-order chi connectivity index (χ1) is 4.42. The third-order valence-corrected chi connectivity index (χ3v) is 1.81. The van der Waals surface area contributed by atoms with Gasteiger partial charge in [-0.05, 0) is 20.3 Å². The highest BCUT2D eigenvalue weighted by Crippen LogP contribution is 2.25. The molecule has 0 N–H and O–H groups in total. The minimum absolute atomic E-state index is 0.0182. The monoisotopic (exact) mass is 178 g/mol. The van der Waals surface area contributed by atoms with Crippen LogP contribution in [0.5, 0.6) is 0 Å². The third kappa shape index (κ3) is 1.74. The van der Waals surface area contributed by atoms with E-state index in [1.165, 1.54) is 0 Å². The van der Waals surface area contributed by atoms with Crippen LogP contribution >= 0.6 is 23.2 Å². The van der Waals surface area contributed by atoms with Gasteiger partial charge in [0.25, 0.3) is 0 Å². The summed E-state index contributed by atoms with van der Waals surface area (Å²) < 4.78 is 0. The zero-order valence-electron chi connectivity index (χ0n) is 5.87. The molecule has 0 radical (unpaired) electrons. The van der Waals surface area contributed by atoms with Crippen LogP contribution in [0.4, 0.5) is 0 Å². The Kier molecular flexibility index (Phi) is 1.82. The molecule has 0 heterocycles. The maximum atomic E-state index is 10.6. The Morgan fingerprint density at radius 2 is 1.90 bits per heavy atom. The number of hydrogen-bond acceptors (Lipinski definition) is 1. The standard InChI is InChI=1S/C7H8Cl2O/c1-7(2,9)3-4-5(8)6(4)10/h3H2,1-2H3. The SMILES string of the molecule is CC(C)(Cl)Cc1c(Cl)c1=O. The lowest BCUT2D eigenvalue weighted by Crippen LogP contribution is -2.13. The van der Waals surface area contributed by atoms with Crippen molar-refractivity contribution < 1.29 is 0 Å². The molecule has 0 saturated heterocycles. The van der Waals surface area contributed by atoms with Crippen molar-refractivity contribution in [3.63, 3.8) is 0 Å². The van der Waals surface area contributed by atoms with Gasteiger partial charge in [-0.1, -0.05) is 11.6 Å². The van der Waals surface area contributed by atoms with Crippen LogP contribution in [0.1, 0.15) is 19.4 Å². The van der Waals surface area contributed by atoms with Gasteiger partial charge < -0.3 is 0 Å². The summed E-state index contributed by atoms with van der Waals surface area (Å²) >= 11 is 11.3. The van der Waals surface area contributed by atoms with Gasteiger partial charge in [-0.3, -0.25) is 4.79 Å². The lowest BCUT2D eigenvalue weighted by molar-refractivity contribution is 0.701. The molecule has 1 nitrogen and oxygen atoms in total. The smallest absolute Gasteiger partial charge is 0.202 e. The van der Waals surface area contributed by atoms with Crippen molar-refractivity contribution in [1.29, 1.82) is 0 Å². The Hall–Kier alpha value is -0.0100. The maximum absolute atomic E-state index is 10.6. The second-order valence-corrected chi connectivity index (χ2v) is 4.42. The molecule has 0 aromatic heterocycles. The number of rotatable bonds is 2. The van der Waals surface area contributed by atoms with Gasteiger partial charge >= 0.3 is 0 Å². The first-order valence-corrected chi connectivity index (χ1v) is 3.80. The van der Waals surface area contributed by atoms with Crippen LogP contribution in [-0.2, 0) is 6.42 Å². The molecule has 0 aliphatic rings. The van der Waals surface area contributed by atoms with E-state index in [4.69, 9.17) is 23.2 Å². The van der Waals surface area contributed by atoms with Crippen molar-refractivity contribution in [3.05, 3.63) is 20.8 Å². The van der Waals surface area contributed by atoms with Gasteiger partial charge in [-0.25, -0.2) is 0 Å². The van der Waals surface area contributed by atoms with E-state index in [9.17, 15) is 4.79 Å². The Morgan fingerprint density at radius 3 is 2.00 bits per heavy atom.